The standard InChI is InChI=1S/C17H16Cl2O4/c1-16(20)12(18)15(23-3)17(21,13(19)14(16)22-2)10-9-11-7-5-4-6-8-11/h4-8,20-21H,1-3H3. The molecule has 0 radical (unpaired) electrons. The van der Waals surface area contributed by atoms with Crippen LogP contribution in [0.1, 0.15) is 12.5 Å². The highest BCUT2D eigenvalue weighted by atomic mass is 35.5. The molecule has 1 aromatic rings. The van der Waals surface area contributed by atoms with Crippen LogP contribution >= 0.6 is 23.2 Å². The molecule has 2 unspecified atom stereocenters. The first-order valence-corrected chi connectivity index (χ1v) is 7.47. The summed E-state index contributed by atoms with van der Waals surface area (Å²) in [6.45, 7) is 1.39. The summed E-state index contributed by atoms with van der Waals surface area (Å²) < 4.78 is 10.3. The molecule has 122 valence electrons. The monoisotopic (exact) mass is 354 g/mol. The molecule has 0 aromatic heterocycles. The van der Waals surface area contributed by atoms with E-state index in [1.165, 1.54) is 21.1 Å². The summed E-state index contributed by atoms with van der Waals surface area (Å²) in [5, 5.41) is 21.1. The van der Waals surface area contributed by atoms with Crippen molar-refractivity contribution in [2.75, 3.05) is 14.2 Å². The molecular weight excluding hydrogens is 339 g/mol. The highest BCUT2D eigenvalue weighted by Crippen LogP contribution is 2.47. The van der Waals surface area contributed by atoms with Crippen LogP contribution in [0.5, 0.6) is 0 Å². The average Bonchev–Trinajstić information content (AvgIpc) is 2.53. The molecule has 1 aromatic carbocycles. The average molecular weight is 355 g/mol. The Morgan fingerprint density at radius 3 is 2.04 bits per heavy atom. The Balaban J connectivity index is 2.65. The van der Waals surface area contributed by atoms with Crippen molar-refractivity contribution in [1.29, 1.82) is 0 Å². The molecule has 0 amide bonds. The van der Waals surface area contributed by atoms with Gasteiger partial charge in [-0.25, -0.2) is 0 Å². The molecule has 4 nitrogen and oxygen atoms in total. The Hall–Kier alpha value is -1.64. The number of hydrogen-bond donors (Lipinski definition) is 2. The lowest BCUT2D eigenvalue weighted by Crippen LogP contribution is -2.44. The Bertz CT molecular complexity index is 726. The normalized spacial score (nSPS) is 27.4. The van der Waals surface area contributed by atoms with E-state index in [0.717, 1.165) is 0 Å². The number of methoxy groups -OCH3 is 2. The van der Waals surface area contributed by atoms with Crippen LogP contribution in [-0.4, -0.2) is 35.6 Å². The van der Waals surface area contributed by atoms with Crippen LogP contribution in [0.15, 0.2) is 51.9 Å². The molecular formula is C17H16Cl2O4. The summed E-state index contributed by atoms with van der Waals surface area (Å²) in [5.74, 6) is 5.24. The van der Waals surface area contributed by atoms with Crippen molar-refractivity contribution in [3.05, 3.63) is 57.5 Å². The fourth-order valence-electron chi connectivity index (χ4n) is 2.28. The van der Waals surface area contributed by atoms with Gasteiger partial charge >= 0.3 is 0 Å². The summed E-state index contributed by atoms with van der Waals surface area (Å²) in [7, 11) is 2.63. The van der Waals surface area contributed by atoms with Crippen LogP contribution in [0.25, 0.3) is 0 Å². The van der Waals surface area contributed by atoms with E-state index in [2.05, 4.69) is 11.8 Å². The van der Waals surface area contributed by atoms with Gasteiger partial charge in [0, 0.05) is 5.56 Å². The second-order valence-corrected chi connectivity index (χ2v) is 5.85. The Kier molecular flexibility index (Phi) is 4.98. The summed E-state index contributed by atoms with van der Waals surface area (Å²) in [4.78, 5) is 0. The van der Waals surface area contributed by atoms with Gasteiger partial charge in [0.1, 0.15) is 5.03 Å². The predicted molar refractivity (Wildman–Crippen MR) is 88.7 cm³/mol. The van der Waals surface area contributed by atoms with Crippen LogP contribution in [-0.2, 0) is 9.47 Å². The molecule has 0 heterocycles. The first-order valence-electron chi connectivity index (χ1n) is 6.71. The molecule has 0 fully saturated rings. The van der Waals surface area contributed by atoms with Gasteiger partial charge in [-0.1, -0.05) is 47.3 Å². The van der Waals surface area contributed by atoms with E-state index < -0.39 is 11.2 Å². The predicted octanol–water partition coefficient (Wildman–Crippen LogP) is 2.73. The van der Waals surface area contributed by atoms with Gasteiger partial charge in [0.05, 0.1) is 19.3 Å². The SMILES string of the molecule is COC1=C(Cl)C(O)(C#Cc2ccccc2)C(OC)=C(Cl)C1(C)O. The fraction of sp³-hybridized carbons (Fsp3) is 0.294. The van der Waals surface area contributed by atoms with E-state index in [1.54, 1.807) is 12.1 Å². The smallest absolute Gasteiger partial charge is 0.224 e. The highest BCUT2D eigenvalue weighted by molar-refractivity contribution is 6.35. The van der Waals surface area contributed by atoms with Crippen LogP contribution in [0.4, 0.5) is 0 Å². The molecule has 1 aliphatic carbocycles. The first kappa shape index (κ1) is 17.7. The van der Waals surface area contributed by atoms with E-state index in [4.69, 9.17) is 32.7 Å². The van der Waals surface area contributed by atoms with Gasteiger partial charge in [-0.15, -0.1) is 0 Å². The van der Waals surface area contributed by atoms with Crippen molar-refractivity contribution in [3.63, 3.8) is 0 Å². The second kappa shape index (κ2) is 6.46. The molecule has 0 spiro atoms. The lowest BCUT2D eigenvalue weighted by molar-refractivity contribution is 0.0331. The Morgan fingerprint density at radius 1 is 0.957 bits per heavy atom. The van der Waals surface area contributed by atoms with Crippen molar-refractivity contribution in [2.45, 2.75) is 18.1 Å². The fourth-order valence-corrected chi connectivity index (χ4v) is 2.97. The maximum atomic E-state index is 10.9. The maximum absolute atomic E-state index is 10.9. The van der Waals surface area contributed by atoms with E-state index in [1.807, 2.05) is 18.2 Å². The van der Waals surface area contributed by atoms with Crippen molar-refractivity contribution in [2.24, 2.45) is 0 Å². The van der Waals surface area contributed by atoms with Crippen LogP contribution in [0, 0.1) is 11.8 Å². The molecule has 2 rings (SSSR count). The maximum Gasteiger partial charge on any atom is 0.224 e. The van der Waals surface area contributed by atoms with Gasteiger partial charge in [-0.3, -0.25) is 0 Å². The third-order valence-corrected chi connectivity index (χ3v) is 4.47. The number of aliphatic hydroxyl groups is 2. The number of hydrogen-bond acceptors (Lipinski definition) is 4. The molecule has 1 aliphatic rings. The van der Waals surface area contributed by atoms with E-state index in [0.29, 0.717) is 5.56 Å². The van der Waals surface area contributed by atoms with Crippen LogP contribution in [0.3, 0.4) is 0 Å². The summed E-state index contributed by atoms with van der Waals surface area (Å²) >= 11 is 12.4. The van der Waals surface area contributed by atoms with E-state index in [9.17, 15) is 10.2 Å². The molecule has 0 saturated heterocycles. The second-order valence-electron chi connectivity index (χ2n) is 5.09. The third kappa shape index (κ3) is 2.93. The number of ether oxygens (including phenoxy) is 2. The van der Waals surface area contributed by atoms with Gasteiger partial charge in [0.2, 0.25) is 5.60 Å². The van der Waals surface area contributed by atoms with Crippen molar-refractivity contribution in [3.8, 4) is 11.8 Å². The number of rotatable bonds is 2. The quantitative estimate of drug-likeness (QED) is 0.801. The van der Waals surface area contributed by atoms with Gasteiger partial charge in [-0.05, 0) is 25.0 Å². The van der Waals surface area contributed by atoms with Crippen molar-refractivity contribution >= 4 is 23.2 Å². The summed E-state index contributed by atoms with van der Waals surface area (Å²) in [6, 6.07) is 9.05. The van der Waals surface area contributed by atoms with Crippen LogP contribution < -0.4 is 0 Å². The summed E-state index contributed by atoms with van der Waals surface area (Å²) in [5.41, 5.74) is -3.07. The van der Waals surface area contributed by atoms with Gasteiger partial charge in [0.25, 0.3) is 0 Å². The van der Waals surface area contributed by atoms with Gasteiger partial charge in [-0.2, -0.15) is 0 Å². The number of halogens is 2. The Morgan fingerprint density at radius 2 is 1.52 bits per heavy atom. The molecule has 0 aliphatic heterocycles. The van der Waals surface area contributed by atoms with E-state index in [-0.39, 0.29) is 21.6 Å². The minimum absolute atomic E-state index is 0.0881. The lowest BCUT2D eigenvalue weighted by Gasteiger charge is -2.37. The molecule has 2 atom stereocenters. The van der Waals surface area contributed by atoms with E-state index >= 15 is 0 Å². The topological polar surface area (TPSA) is 58.9 Å². The molecule has 0 bridgehead atoms. The highest BCUT2D eigenvalue weighted by Gasteiger charge is 2.52. The molecule has 2 N–H and O–H groups in total. The molecule has 6 heteroatoms. The molecule has 23 heavy (non-hydrogen) atoms. The minimum atomic E-state index is -2.02. The number of benzene rings is 1. The van der Waals surface area contributed by atoms with Gasteiger partial charge in [0.15, 0.2) is 17.1 Å². The molecule has 0 saturated carbocycles. The first-order chi connectivity index (χ1) is 10.8. The minimum Gasteiger partial charge on any atom is -0.496 e. The largest absolute Gasteiger partial charge is 0.496 e. The summed E-state index contributed by atoms with van der Waals surface area (Å²) in [6.07, 6.45) is 0. The van der Waals surface area contributed by atoms with Gasteiger partial charge < -0.3 is 19.7 Å². The lowest BCUT2D eigenvalue weighted by atomic mass is 9.86. The van der Waals surface area contributed by atoms with Crippen molar-refractivity contribution < 1.29 is 19.7 Å². The zero-order valence-electron chi connectivity index (χ0n) is 12.9. The van der Waals surface area contributed by atoms with Crippen molar-refractivity contribution in [1.82, 2.24) is 0 Å². The Labute approximate surface area is 144 Å². The zero-order chi connectivity index (χ0) is 17.3. The third-order valence-electron chi connectivity index (χ3n) is 3.48. The zero-order valence-corrected chi connectivity index (χ0v) is 14.4. The van der Waals surface area contributed by atoms with Crippen LogP contribution in [0.2, 0.25) is 0 Å².